The number of nitrogens with two attached hydrogens (primary N) is 1. The van der Waals surface area contributed by atoms with E-state index in [2.05, 4.69) is 20.8 Å². The second-order valence-electron chi connectivity index (χ2n) is 8.52. The average Bonchev–Trinajstić information content (AvgIpc) is 2.24. The molecule has 0 aromatic heterocycles. The Morgan fingerprint density at radius 3 is 2.05 bits per heavy atom. The van der Waals surface area contributed by atoms with Crippen LogP contribution in [-0.4, -0.2) is 25.0 Å². The normalized spacial score (nSPS) is 29.4. The largest absolute Gasteiger partial charge is 0.327 e. The lowest BCUT2D eigenvalue weighted by atomic mass is 9.67. The monoisotopic (exact) mass is 303 g/mol. The third-order valence-corrected chi connectivity index (χ3v) is 7.60. The van der Waals surface area contributed by atoms with Crippen LogP contribution in [0.5, 0.6) is 0 Å². The standard InChI is InChI=1S/C16H33NO2S/c1-15(2,3)13-7-8-14(17)12(11-13)9-10-20(18,19)16(4,5)6/h12-14H,7-11,17H2,1-6H3. The Morgan fingerprint density at radius 1 is 1.05 bits per heavy atom. The first-order chi connectivity index (χ1) is 8.84. The fourth-order valence-electron chi connectivity index (χ4n) is 3.02. The second kappa shape index (κ2) is 5.96. The first-order valence-electron chi connectivity index (χ1n) is 7.82. The summed E-state index contributed by atoms with van der Waals surface area (Å²) in [6.07, 6.45) is 3.99. The van der Waals surface area contributed by atoms with Crippen molar-refractivity contribution in [2.24, 2.45) is 23.0 Å². The van der Waals surface area contributed by atoms with E-state index in [1.165, 1.54) is 6.42 Å². The molecule has 1 rings (SSSR count). The van der Waals surface area contributed by atoms with Crippen LogP contribution in [0.4, 0.5) is 0 Å². The molecular weight excluding hydrogens is 270 g/mol. The lowest BCUT2D eigenvalue weighted by Gasteiger charge is -2.41. The molecule has 1 aliphatic rings. The molecule has 0 amide bonds. The summed E-state index contributed by atoms with van der Waals surface area (Å²) >= 11 is 0. The Kier molecular flexibility index (Phi) is 5.35. The molecule has 0 bridgehead atoms. The van der Waals surface area contributed by atoms with Gasteiger partial charge in [-0.25, -0.2) is 8.42 Å². The Hall–Kier alpha value is -0.0900. The van der Waals surface area contributed by atoms with Crippen molar-refractivity contribution in [1.82, 2.24) is 0 Å². The summed E-state index contributed by atoms with van der Waals surface area (Å²) in [5, 5.41) is 0. The molecule has 0 aliphatic heterocycles. The minimum absolute atomic E-state index is 0.170. The highest BCUT2D eigenvalue weighted by Crippen LogP contribution is 2.41. The lowest BCUT2D eigenvalue weighted by molar-refractivity contribution is 0.125. The lowest BCUT2D eigenvalue weighted by Crippen LogP contribution is -2.41. The molecule has 0 saturated heterocycles. The van der Waals surface area contributed by atoms with Gasteiger partial charge >= 0.3 is 0 Å². The van der Waals surface area contributed by atoms with Crippen LogP contribution < -0.4 is 5.73 Å². The van der Waals surface area contributed by atoms with E-state index in [1.807, 2.05) is 0 Å². The molecule has 0 radical (unpaired) electrons. The highest BCUT2D eigenvalue weighted by molar-refractivity contribution is 7.92. The third-order valence-electron chi connectivity index (χ3n) is 4.96. The van der Waals surface area contributed by atoms with Crippen molar-refractivity contribution in [3.63, 3.8) is 0 Å². The Bertz CT molecular complexity index is 415. The van der Waals surface area contributed by atoms with E-state index in [4.69, 9.17) is 5.73 Å². The van der Waals surface area contributed by atoms with E-state index in [1.54, 1.807) is 20.8 Å². The molecule has 3 nitrogen and oxygen atoms in total. The van der Waals surface area contributed by atoms with Crippen LogP contribution in [0.1, 0.15) is 67.2 Å². The minimum Gasteiger partial charge on any atom is -0.327 e. The van der Waals surface area contributed by atoms with Crippen LogP contribution in [0.15, 0.2) is 0 Å². The molecule has 0 heterocycles. The van der Waals surface area contributed by atoms with Gasteiger partial charge < -0.3 is 5.73 Å². The Balaban J connectivity index is 2.67. The molecule has 0 aromatic rings. The van der Waals surface area contributed by atoms with E-state index in [-0.39, 0.29) is 11.8 Å². The topological polar surface area (TPSA) is 60.2 Å². The van der Waals surface area contributed by atoms with Crippen LogP contribution in [0.2, 0.25) is 0 Å². The summed E-state index contributed by atoms with van der Waals surface area (Å²) in [6, 6.07) is 0.170. The quantitative estimate of drug-likeness (QED) is 0.869. The van der Waals surface area contributed by atoms with E-state index in [0.29, 0.717) is 23.7 Å². The smallest absolute Gasteiger partial charge is 0.155 e. The summed E-state index contributed by atoms with van der Waals surface area (Å²) in [4.78, 5) is 0. The summed E-state index contributed by atoms with van der Waals surface area (Å²) < 4.78 is 23.8. The SMILES string of the molecule is CC(C)(C)C1CCC(N)C(CCS(=O)(=O)C(C)(C)C)C1. The molecule has 1 fully saturated rings. The van der Waals surface area contributed by atoms with Gasteiger partial charge in [0.25, 0.3) is 0 Å². The van der Waals surface area contributed by atoms with Crippen molar-refractivity contribution in [3.8, 4) is 0 Å². The van der Waals surface area contributed by atoms with Gasteiger partial charge in [-0.1, -0.05) is 20.8 Å². The molecule has 2 N–H and O–H groups in total. The predicted molar refractivity (Wildman–Crippen MR) is 86.4 cm³/mol. The summed E-state index contributed by atoms with van der Waals surface area (Å²) in [5.41, 5.74) is 6.52. The van der Waals surface area contributed by atoms with Crippen molar-refractivity contribution < 1.29 is 8.42 Å². The first-order valence-corrected chi connectivity index (χ1v) is 9.47. The Labute approximate surface area is 125 Å². The number of hydrogen-bond acceptors (Lipinski definition) is 3. The number of sulfone groups is 1. The van der Waals surface area contributed by atoms with Gasteiger partial charge in [0, 0.05) is 6.04 Å². The summed E-state index contributed by atoms with van der Waals surface area (Å²) in [5.74, 6) is 1.28. The van der Waals surface area contributed by atoms with Crippen LogP contribution in [0.25, 0.3) is 0 Å². The zero-order valence-electron chi connectivity index (χ0n) is 14.1. The van der Waals surface area contributed by atoms with Gasteiger partial charge in [0.15, 0.2) is 9.84 Å². The molecule has 3 atom stereocenters. The van der Waals surface area contributed by atoms with Crippen LogP contribution in [0.3, 0.4) is 0 Å². The molecule has 0 aromatic carbocycles. The molecule has 0 spiro atoms. The molecule has 1 saturated carbocycles. The van der Waals surface area contributed by atoms with Gasteiger partial charge in [0.05, 0.1) is 10.5 Å². The van der Waals surface area contributed by atoms with Crippen molar-refractivity contribution in [1.29, 1.82) is 0 Å². The average molecular weight is 304 g/mol. The van der Waals surface area contributed by atoms with Gasteiger partial charge in [-0.2, -0.15) is 0 Å². The van der Waals surface area contributed by atoms with Crippen LogP contribution in [-0.2, 0) is 9.84 Å². The number of rotatable bonds is 3. The van der Waals surface area contributed by atoms with E-state index in [0.717, 1.165) is 12.8 Å². The van der Waals surface area contributed by atoms with Crippen molar-refractivity contribution in [2.45, 2.75) is 78.0 Å². The maximum absolute atomic E-state index is 12.2. The van der Waals surface area contributed by atoms with Crippen molar-refractivity contribution >= 4 is 9.84 Å². The van der Waals surface area contributed by atoms with E-state index < -0.39 is 14.6 Å². The minimum atomic E-state index is -3.03. The molecule has 4 heteroatoms. The molecule has 20 heavy (non-hydrogen) atoms. The molecular formula is C16H33NO2S. The van der Waals surface area contributed by atoms with Gasteiger partial charge in [-0.05, 0) is 63.7 Å². The van der Waals surface area contributed by atoms with Crippen LogP contribution >= 0.6 is 0 Å². The first kappa shape index (κ1) is 18.0. The highest BCUT2D eigenvalue weighted by Gasteiger charge is 2.36. The molecule has 3 unspecified atom stereocenters. The van der Waals surface area contributed by atoms with E-state index >= 15 is 0 Å². The van der Waals surface area contributed by atoms with Gasteiger partial charge in [-0.3, -0.25) is 0 Å². The van der Waals surface area contributed by atoms with Gasteiger partial charge in [0.2, 0.25) is 0 Å². The van der Waals surface area contributed by atoms with E-state index in [9.17, 15) is 8.42 Å². The number of hydrogen-bond donors (Lipinski definition) is 1. The Morgan fingerprint density at radius 2 is 1.60 bits per heavy atom. The molecule has 120 valence electrons. The highest BCUT2D eigenvalue weighted by atomic mass is 32.2. The zero-order valence-corrected chi connectivity index (χ0v) is 14.9. The maximum Gasteiger partial charge on any atom is 0.155 e. The fraction of sp³-hybridized carbons (Fsp3) is 1.00. The zero-order chi connectivity index (χ0) is 15.8. The predicted octanol–water partition coefficient (Wildman–Crippen LogP) is 3.38. The van der Waals surface area contributed by atoms with Crippen LogP contribution in [0, 0.1) is 17.3 Å². The second-order valence-corrected chi connectivity index (χ2v) is 11.4. The molecule has 1 aliphatic carbocycles. The van der Waals surface area contributed by atoms with Gasteiger partial charge in [-0.15, -0.1) is 0 Å². The summed E-state index contributed by atoms with van der Waals surface area (Å²) in [6.45, 7) is 12.2. The van der Waals surface area contributed by atoms with Crippen molar-refractivity contribution in [2.75, 3.05) is 5.75 Å². The van der Waals surface area contributed by atoms with Gasteiger partial charge in [0.1, 0.15) is 0 Å². The third kappa shape index (κ3) is 4.45. The van der Waals surface area contributed by atoms with Crippen molar-refractivity contribution in [3.05, 3.63) is 0 Å². The fourth-order valence-corrected chi connectivity index (χ4v) is 4.24. The maximum atomic E-state index is 12.2. The summed E-state index contributed by atoms with van der Waals surface area (Å²) in [7, 11) is -3.03.